The molecule has 0 N–H and O–H groups in total. The van der Waals surface area contributed by atoms with Crippen molar-refractivity contribution in [2.24, 2.45) is 0 Å². The van der Waals surface area contributed by atoms with Gasteiger partial charge in [0, 0.05) is 20.6 Å². The first-order chi connectivity index (χ1) is 7.50. The summed E-state index contributed by atoms with van der Waals surface area (Å²) in [6, 6.07) is 4.47. The molecule has 1 aliphatic rings. The monoisotopic (exact) mass is 242 g/mol. The number of halogens is 2. The third-order valence-corrected chi connectivity index (χ3v) is 3.16. The lowest BCUT2D eigenvalue weighted by molar-refractivity contribution is 0.201. The van der Waals surface area contributed by atoms with Crippen LogP contribution >= 0.6 is 11.6 Å². The predicted molar refractivity (Wildman–Crippen MR) is 59.9 cm³/mol. The summed E-state index contributed by atoms with van der Waals surface area (Å²) < 4.78 is 13.0. The number of rotatable bonds is 1. The Labute approximate surface area is 98.4 Å². The molecule has 2 amide bonds. The van der Waals surface area contributed by atoms with Gasteiger partial charge < -0.3 is 9.80 Å². The Hall–Kier alpha value is -1.29. The SMILES string of the molecule is CN1CC(c2ccc(F)c(Cl)c2)N(C)C1=O. The van der Waals surface area contributed by atoms with Crippen LogP contribution in [0.4, 0.5) is 9.18 Å². The molecular weight excluding hydrogens is 231 g/mol. The largest absolute Gasteiger partial charge is 0.325 e. The average Bonchev–Trinajstić information content (AvgIpc) is 2.50. The molecule has 0 aromatic heterocycles. The molecule has 5 heteroatoms. The normalized spacial score (nSPS) is 20.8. The molecule has 0 bridgehead atoms. The maximum atomic E-state index is 13.0. The maximum absolute atomic E-state index is 13.0. The van der Waals surface area contributed by atoms with Gasteiger partial charge in [0.25, 0.3) is 0 Å². The molecule has 0 spiro atoms. The van der Waals surface area contributed by atoms with Gasteiger partial charge in [-0.3, -0.25) is 0 Å². The van der Waals surface area contributed by atoms with E-state index in [2.05, 4.69) is 0 Å². The number of carbonyl (C=O) groups is 1. The molecule has 1 aliphatic heterocycles. The van der Waals surface area contributed by atoms with Crippen molar-refractivity contribution >= 4 is 17.6 Å². The molecule has 0 radical (unpaired) electrons. The zero-order valence-corrected chi connectivity index (χ0v) is 9.83. The second-order valence-corrected chi connectivity index (χ2v) is 4.37. The first-order valence-corrected chi connectivity index (χ1v) is 5.31. The van der Waals surface area contributed by atoms with Crippen LogP contribution in [0.5, 0.6) is 0 Å². The van der Waals surface area contributed by atoms with Gasteiger partial charge in [-0.15, -0.1) is 0 Å². The maximum Gasteiger partial charge on any atom is 0.320 e. The van der Waals surface area contributed by atoms with Gasteiger partial charge in [-0.05, 0) is 17.7 Å². The van der Waals surface area contributed by atoms with Crippen molar-refractivity contribution in [3.05, 3.63) is 34.6 Å². The summed E-state index contributed by atoms with van der Waals surface area (Å²) in [6.45, 7) is 0.595. The van der Waals surface area contributed by atoms with Crippen LogP contribution in [-0.4, -0.2) is 36.5 Å². The number of carbonyl (C=O) groups excluding carboxylic acids is 1. The minimum absolute atomic E-state index is 0.0366. The molecule has 1 heterocycles. The van der Waals surface area contributed by atoms with Gasteiger partial charge >= 0.3 is 6.03 Å². The van der Waals surface area contributed by atoms with Crippen molar-refractivity contribution < 1.29 is 9.18 Å². The molecule has 1 unspecified atom stereocenters. The van der Waals surface area contributed by atoms with Gasteiger partial charge in [0.15, 0.2) is 0 Å². The van der Waals surface area contributed by atoms with Gasteiger partial charge in [0.05, 0.1) is 11.1 Å². The van der Waals surface area contributed by atoms with E-state index >= 15 is 0 Å². The van der Waals surface area contributed by atoms with Gasteiger partial charge in [-0.25, -0.2) is 9.18 Å². The number of benzene rings is 1. The molecule has 16 heavy (non-hydrogen) atoms. The number of urea groups is 1. The highest BCUT2D eigenvalue weighted by molar-refractivity contribution is 6.30. The minimum Gasteiger partial charge on any atom is -0.325 e. The fourth-order valence-corrected chi connectivity index (χ4v) is 2.10. The van der Waals surface area contributed by atoms with E-state index in [4.69, 9.17) is 11.6 Å². The molecule has 3 nitrogen and oxygen atoms in total. The van der Waals surface area contributed by atoms with Gasteiger partial charge in [-0.1, -0.05) is 17.7 Å². The summed E-state index contributed by atoms with van der Waals surface area (Å²) in [5, 5.41) is 0.0907. The molecule has 1 fully saturated rings. The van der Waals surface area contributed by atoms with Crippen molar-refractivity contribution in [1.29, 1.82) is 0 Å². The van der Waals surface area contributed by atoms with Crippen molar-refractivity contribution in [3.63, 3.8) is 0 Å². The van der Waals surface area contributed by atoms with Crippen LogP contribution in [0.15, 0.2) is 18.2 Å². The topological polar surface area (TPSA) is 23.6 Å². The smallest absolute Gasteiger partial charge is 0.320 e. The highest BCUT2D eigenvalue weighted by atomic mass is 35.5. The van der Waals surface area contributed by atoms with Gasteiger partial charge in [0.1, 0.15) is 5.82 Å². The van der Waals surface area contributed by atoms with E-state index in [0.29, 0.717) is 6.54 Å². The Morgan fingerprint density at radius 1 is 1.44 bits per heavy atom. The number of likely N-dealkylation sites (N-methyl/N-ethyl adjacent to an activating group) is 2. The van der Waals surface area contributed by atoms with Crippen molar-refractivity contribution in [3.8, 4) is 0 Å². The summed E-state index contributed by atoms with van der Waals surface area (Å²) in [4.78, 5) is 14.8. The van der Waals surface area contributed by atoms with Crippen LogP contribution in [0.25, 0.3) is 0 Å². The molecule has 1 atom stereocenters. The van der Waals surface area contributed by atoms with Gasteiger partial charge in [0.2, 0.25) is 0 Å². The zero-order chi connectivity index (χ0) is 11.9. The predicted octanol–water partition coefficient (Wildman–Crippen LogP) is 2.52. The standard InChI is InChI=1S/C11H12ClFN2O/c1-14-6-10(15(2)11(14)16)7-3-4-9(13)8(12)5-7/h3-5,10H,6H2,1-2H3. The van der Waals surface area contributed by atoms with Gasteiger partial charge in [-0.2, -0.15) is 0 Å². The fraction of sp³-hybridized carbons (Fsp3) is 0.364. The molecule has 1 aromatic rings. The van der Waals surface area contributed by atoms with E-state index in [1.54, 1.807) is 36.0 Å². The van der Waals surface area contributed by atoms with Crippen molar-refractivity contribution in [1.82, 2.24) is 9.80 Å². The third kappa shape index (κ3) is 1.73. The summed E-state index contributed by atoms with van der Waals surface area (Å²) in [6.07, 6.45) is 0. The van der Waals surface area contributed by atoms with Crippen LogP contribution in [0.3, 0.4) is 0 Å². The lowest BCUT2D eigenvalue weighted by Gasteiger charge is -2.18. The van der Waals surface area contributed by atoms with Crippen LogP contribution in [0.1, 0.15) is 11.6 Å². The van der Waals surface area contributed by atoms with Crippen molar-refractivity contribution in [2.75, 3.05) is 20.6 Å². The molecular formula is C11H12ClFN2O. The highest BCUT2D eigenvalue weighted by Crippen LogP contribution is 2.29. The Morgan fingerprint density at radius 2 is 2.12 bits per heavy atom. The van der Waals surface area contributed by atoms with E-state index in [9.17, 15) is 9.18 Å². The first kappa shape index (κ1) is 11.2. The van der Waals surface area contributed by atoms with E-state index < -0.39 is 5.82 Å². The number of hydrogen-bond acceptors (Lipinski definition) is 1. The summed E-state index contributed by atoms with van der Waals surface area (Å²) >= 11 is 5.72. The van der Waals surface area contributed by atoms with Crippen molar-refractivity contribution in [2.45, 2.75) is 6.04 Å². The van der Waals surface area contributed by atoms with Crippen LogP contribution in [0, 0.1) is 5.82 Å². The number of hydrogen-bond donors (Lipinski definition) is 0. The summed E-state index contributed by atoms with van der Waals surface area (Å²) in [5.74, 6) is -0.439. The molecule has 0 aliphatic carbocycles. The van der Waals surface area contributed by atoms with E-state index in [-0.39, 0.29) is 17.1 Å². The summed E-state index contributed by atoms with van der Waals surface area (Å²) in [7, 11) is 3.47. The Bertz CT molecular complexity index is 438. The van der Waals surface area contributed by atoms with Crippen LogP contribution < -0.4 is 0 Å². The quantitative estimate of drug-likeness (QED) is 0.742. The minimum atomic E-state index is -0.439. The van der Waals surface area contributed by atoms with E-state index in [1.165, 1.54) is 6.07 Å². The molecule has 86 valence electrons. The fourth-order valence-electron chi connectivity index (χ4n) is 1.91. The summed E-state index contributed by atoms with van der Waals surface area (Å²) in [5.41, 5.74) is 0.853. The van der Waals surface area contributed by atoms with Crippen LogP contribution in [-0.2, 0) is 0 Å². The molecule has 1 aromatic carbocycles. The first-order valence-electron chi connectivity index (χ1n) is 4.93. The van der Waals surface area contributed by atoms with E-state index in [0.717, 1.165) is 5.56 Å². The second-order valence-electron chi connectivity index (χ2n) is 3.96. The Kier molecular flexibility index (Phi) is 2.76. The second kappa shape index (κ2) is 3.94. The third-order valence-electron chi connectivity index (χ3n) is 2.87. The van der Waals surface area contributed by atoms with Crippen LogP contribution in [0.2, 0.25) is 5.02 Å². The van der Waals surface area contributed by atoms with E-state index in [1.807, 2.05) is 0 Å². The molecule has 0 saturated carbocycles. The molecule has 1 saturated heterocycles. The zero-order valence-electron chi connectivity index (χ0n) is 9.08. The Morgan fingerprint density at radius 3 is 2.62 bits per heavy atom. The number of nitrogens with zero attached hydrogens (tertiary/aromatic N) is 2. The Balaban J connectivity index is 2.32. The molecule has 2 rings (SSSR count). The average molecular weight is 243 g/mol. The number of amides is 2. The lowest BCUT2D eigenvalue weighted by Crippen LogP contribution is -2.26. The lowest BCUT2D eigenvalue weighted by atomic mass is 10.1. The highest BCUT2D eigenvalue weighted by Gasteiger charge is 2.33.